The summed E-state index contributed by atoms with van der Waals surface area (Å²) in [6.07, 6.45) is 0.312. The van der Waals surface area contributed by atoms with E-state index in [-0.39, 0.29) is 0 Å². The molecule has 1 heteroatoms. The Kier molecular flexibility index (Phi) is 3.06. The first-order valence-electron chi connectivity index (χ1n) is 4.16. The molecule has 1 atom stereocenters. The number of rotatable bonds is 3. The maximum absolute atomic E-state index is 9.69. The Morgan fingerprint density at radius 2 is 2.00 bits per heavy atom. The average molecular weight is 162 g/mol. The van der Waals surface area contributed by atoms with Crippen molar-refractivity contribution in [3.8, 4) is 0 Å². The number of aliphatic hydroxyl groups is 1. The Hall–Kier alpha value is -1.08. The third-order valence-electron chi connectivity index (χ3n) is 1.96. The highest BCUT2D eigenvalue weighted by molar-refractivity contribution is 5.24. The summed E-state index contributed by atoms with van der Waals surface area (Å²) in [5, 5.41) is 9.69. The van der Waals surface area contributed by atoms with E-state index in [0.717, 1.165) is 17.6 Å². The van der Waals surface area contributed by atoms with Crippen LogP contribution in [-0.2, 0) is 0 Å². The summed E-state index contributed by atoms with van der Waals surface area (Å²) in [6, 6.07) is 9.59. The van der Waals surface area contributed by atoms with Crippen molar-refractivity contribution in [2.24, 2.45) is 0 Å². The highest BCUT2D eigenvalue weighted by atomic mass is 16.3. The van der Waals surface area contributed by atoms with Gasteiger partial charge in [0.15, 0.2) is 0 Å². The average Bonchev–Trinajstić information content (AvgIpc) is 2.17. The minimum atomic E-state index is -0.504. The van der Waals surface area contributed by atoms with Crippen molar-refractivity contribution in [3.05, 3.63) is 48.0 Å². The van der Waals surface area contributed by atoms with E-state index in [9.17, 15) is 5.11 Å². The molecule has 0 saturated carbocycles. The van der Waals surface area contributed by atoms with Crippen LogP contribution >= 0.6 is 0 Å². The first-order valence-corrected chi connectivity index (χ1v) is 4.16. The molecule has 1 N–H and O–H groups in total. The van der Waals surface area contributed by atoms with Gasteiger partial charge in [-0.1, -0.05) is 43.8 Å². The van der Waals surface area contributed by atoms with Crippen molar-refractivity contribution in [2.75, 3.05) is 0 Å². The lowest BCUT2D eigenvalue weighted by Crippen LogP contribution is -1.98. The van der Waals surface area contributed by atoms with Crippen molar-refractivity contribution in [1.82, 2.24) is 0 Å². The molecule has 0 aromatic heterocycles. The predicted molar refractivity (Wildman–Crippen MR) is 50.8 cm³/mol. The number of benzene rings is 1. The highest BCUT2D eigenvalue weighted by Crippen LogP contribution is 2.21. The molecule has 0 radical (unpaired) electrons. The van der Waals surface area contributed by atoms with Gasteiger partial charge < -0.3 is 5.11 Å². The second-order valence-corrected chi connectivity index (χ2v) is 2.83. The molecule has 0 aliphatic rings. The number of aliphatic hydroxyl groups excluding tert-OH is 1. The summed E-state index contributed by atoms with van der Waals surface area (Å²) in [5.41, 5.74) is 1.78. The van der Waals surface area contributed by atoms with Gasteiger partial charge in [0.05, 0.1) is 6.10 Å². The molecule has 0 saturated heterocycles. The third-order valence-corrected chi connectivity index (χ3v) is 1.96. The van der Waals surface area contributed by atoms with Crippen LogP contribution in [0.2, 0.25) is 0 Å². The van der Waals surface area contributed by atoms with Crippen molar-refractivity contribution < 1.29 is 5.11 Å². The molecule has 0 fully saturated rings. The van der Waals surface area contributed by atoms with Gasteiger partial charge in [0.25, 0.3) is 0 Å². The van der Waals surface area contributed by atoms with E-state index in [1.807, 2.05) is 37.3 Å². The molecule has 1 aromatic rings. The zero-order valence-corrected chi connectivity index (χ0v) is 7.33. The molecule has 0 heterocycles. The number of hydrogen-bond acceptors (Lipinski definition) is 1. The van der Waals surface area contributed by atoms with Gasteiger partial charge in [-0.25, -0.2) is 0 Å². The lowest BCUT2D eigenvalue weighted by molar-refractivity contribution is 0.212. The maximum Gasteiger partial charge on any atom is 0.0998 e. The molecule has 0 bridgehead atoms. The van der Waals surface area contributed by atoms with Crippen molar-refractivity contribution in [3.63, 3.8) is 0 Å². The van der Waals surface area contributed by atoms with Gasteiger partial charge in [-0.2, -0.15) is 0 Å². The first kappa shape index (κ1) is 9.01. The minimum Gasteiger partial charge on any atom is -0.384 e. The molecule has 64 valence electrons. The Bertz CT molecular complexity index is 251. The molecule has 0 aliphatic heterocycles. The molecule has 1 aromatic carbocycles. The van der Waals surface area contributed by atoms with Crippen LogP contribution in [0.25, 0.3) is 0 Å². The van der Waals surface area contributed by atoms with Gasteiger partial charge in [-0.05, 0) is 17.6 Å². The summed E-state index contributed by atoms with van der Waals surface area (Å²) in [4.78, 5) is 0. The van der Waals surface area contributed by atoms with Gasteiger partial charge in [-0.3, -0.25) is 0 Å². The fraction of sp³-hybridized carbons (Fsp3) is 0.273. The zero-order valence-electron chi connectivity index (χ0n) is 7.33. The Balaban J connectivity index is 2.78. The van der Waals surface area contributed by atoms with Crippen molar-refractivity contribution >= 4 is 0 Å². The van der Waals surface area contributed by atoms with Crippen LogP contribution in [0.4, 0.5) is 0 Å². The topological polar surface area (TPSA) is 20.2 Å². The summed E-state index contributed by atoms with van der Waals surface area (Å²) in [5.74, 6) is 0. The lowest BCUT2D eigenvalue weighted by Gasteiger charge is -2.11. The normalized spacial score (nSPS) is 12.5. The summed E-state index contributed by atoms with van der Waals surface area (Å²) in [7, 11) is 0. The van der Waals surface area contributed by atoms with E-state index < -0.39 is 6.10 Å². The SMILES string of the molecule is C=C(CC)C(O)c1ccccc1. The van der Waals surface area contributed by atoms with E-state index in [1.165, 1.54) is 0 Å². The van der Waals surface area contributed by atoms with Crippen molar-refractivity contribution in [2.45, 2.75) is 19.4 Å². The lowest BCUT2D eigenvalue weighted by atomic mass is 10.0. The molecule has 0 aliphatic carbocycles. The second-order valence-electron chi connectivity index (χ2n) is 2.83. The summed E-state index contributed by atoms with van der Waals surface area (Å²) >= 11 is 0. The monoisotopic (exact) mass is 162 g/mol. The van der Waals surface area contributed by atoms with Gasteiger partial charge >= 0.3 is 0 Å². The van der Waals surface area contributed by atoms with Gasteiger partial charge in [-0.15, -0.1) is 0 Å². The zero-order chi connectivity index (χ0) is 8.97. The number of hydrogen-bond donors (Lipinski definition) is 1. The van der Waals surface area contributed by atoms with Crippen LogP contribution in [0.1, 0.15) is 25.0 Å². The molecule has 1 unspecified atom stereocenters. The van der Waals surface area contributed by atoms with Crippen LogP contribution in [0.5, 0.6) is 0 Å². The fourth-order valence-electron chi connectivity index (χ4n) is 1.06. The molecular formula is C11H14O. The van der Waals surface area contributed by atoms with Crippen molar-refractivity contribution in [1.29, 1.82) is 0 Å². The van der Waals surface area contributed by atoms with Crippen LogP contribution in [0.3, 0.4) is 0 Å². The van der Waals surface area contributed by atoms with Gasteiger partial charge in [0.1, 0.15) is 0 Å². The minimum absolute atomic E-state index is 0.504. The van der Waals surface area contributed by atoms with Crippen LogP contribution in [0.15, 0.2) is 42.5 Å². The van der Waals surface area contributed by atoms with Crippen LogP contribution in [0, 0.1) is 0 Å². The first-order chi connectivity index (χ1) is 5.75. The second kappa shape index (κ2) is 4.07. The fourth-order valence-corrected chi connectivity index (χ4v) is 1.06. The van der Waals surface area contributed by atoms with Gasteiger partial charge in [0, 0.05) is 0 Å². The van der Waals surface area contributed by atoms with Gasteiger partial charge in [0.2, 0.25) is 0 Å². The van der Waals surface area contributed by atoms with Crippen LogP contribution in [-0.4, -0.2) is 5.11 Å². The van der Waals surface area contributed by atoms with E-state index >= 15 is 0 Å². The largest absolute Gasteiger partial charge is 0.384 e. The third kappa shape index (κ3) is 1.95. The van der Waals surface area contributed by atoms with Crippen LogP contribution < -0.4 is 0 Å². The van der Waals surface area contributed by atoms with E-state index in [4.69, 9.17) is 0 Å². The predicted octanol–water partition coefficient (Wildman–Crippen LogP) is 2.69. The molecule has 0 amide bonds. The molecular weight excluding hydrogens is 148 g/mol. The standard InChI is InChI=1S/C11H14O/c1-3-9(2)11(12)10-7-5-4-6-8-10/h4-8,11-12H,2-3H2,1H3. The molecule has 12 heavy (non-hydrogen) atoms. The Morgan fingerprint density at radius 1 is 1.42 bits per heavy atom. The summed E-state index contributed by atoms with van der Waals surface area (Å²) < 4.78 is 0. The molecule has 1 nitrogen and oxygen atoms in total. The smallest absolute Gasteiger partial charge is 0.0998 e. The Labute approximate surface area is 73.4 Å². The highest BCUT2D eigenvalue weighted by Gasteiger charge is 2.07. The Morgan fingerprint density at radius 3 is 2.50 bits per heavy atom. The van der Waals surface area contributed by atoms with E-state index in [2.05, 4.69) is 6.58 Å². The molecule has 1 rings (SSSR count). The van der Waals surface area contributed by atoms with E-state index in [0.29, 0.717) is 0 Å². The molecule has 0 spiro atoms. The maximum atomic E-state index is 9.69. The quantitative estimate of drug-likeness (QED) is 0.677. The summed E-state index contributed by atoms with van der Waals surface area (Å²) in [6.45, 7) is 5.79. The van der Waals surface area contributed by atoms with E-state index in [1.54, 1.807) is 0 Å².